The van der Waals surface area contributed by atoms with Gasteiger partial charge in [0.05, 0.1) is 53.3 Å². The zero-order valence-corrected chi connectivity index (χ0v) is 32.4. The lowest BCUT2D eigenvalue weighted by atomic mass is 10.2. The summed E-state index contributed by atoms with van der Waals surface area (Å²) in [5.41, 5.74) is 5.74. The number of fused-ring (bicyclic) bond motifs is 2. The van der Waals surface area contributed by atoms with Crippen LogP contribution in [0.15, 0.2) is 36.4 Å². The number of anilines is 2. The molecule has 15 heteroatoms. The van der Waals surface area contributed by atoms with E-state index in [9.17, 15) is 19.2 Å². The number of aromatic nitrogens is 4. The summed E-state index contributed by atoms with van der Waals surface area (Å²) in [4.78, 5) is 64.1. The Kier molecular flexibility index (Phi) is 14.7. The second-order valence-corrected chi connectivity index (χ2v) is 12.9. The van der Waals surface area contributed by atoms with Gasteiger partial charge in [-0.15, -0.1) is 0 Å². The average Bonchev–Trinajstić information content (AvgIpc) is 3.66. The van der Waals surface area contributed by atoms with Crippen molar-refractivity contribution in [3.8, 4) is 0 Å². The molecule has 2 fully saturated rings. The van der Waals surface area contributed by atoms with Crippen molar-refractivity contribution in [2.45, 2.75) is 34.1 Å². The number of piperazine rings is 2. The molecule has 0 radical (unpaired) electrons. The van der Waals surface area contributed by atoms with Crippen LogP contribution in [0, 0.1) is 0 Å². The number of para-hydroxylation sites is 2. The first kappa shape index (κ1) is 40.7. The van der Waals surface area contributed by atoms with Crippen LogP contribution in [0.5, 0.6) is 0 Å². The number of hydrogen-bond donors (Lipinski definition) is 0. The molecule has 0 atom stereocenters. The molecule has 0 bridgehead atoms. The van der Waals surface area contributed by atoms with Crippen LogP contribution < -0.4 is 9.80 Å². The fourth-order valence-corrected chi connectivity index (χ4v) is 6.35. The van der Waals surface area contributed by atoms with E-state index in [2.05, 4.69) is 60.5 Å². The second kappa shape index (κ2) is 19.2. The second-order valence-electron chi connectivity index (χ2n) is 12.9. The highest BCUT2D eigenvalue weighted by molar-refractivity contribution is 6.06. The Bertz CT molecular complexity index is 1870. The van der Waals surface area contributed by atoms with Crippen molar-refractivity contribution in [2.75, 3.05) is 96.1 Å². The summed E-state index contributed by atoms with van der Waals surface area (Å²) >= 11 is 0. The zero-order chi connectivity index (χ0) is 38.7. The molecule has 53 heavy (non-hydrogen) atoms. The molecule has 0 unspecified atom stereocenters. The van der Waals surface area contributed by atoms with Gasteiger partial charge in [0.25, 0.3) is 0 Å². The summed E-state index contributed by atoms with van der Waals surface area (Å²) in [6, 6.07) is 12.0. The molecule has 4 heterocycles. The maximum Gasteiger partial charge on any atom is 0.374 e. The number of benzene rings is 2. The number of imidazole rings is 2. The molecule has 2 aromatic carbocycles. The molecule has 0 spiro atoms. The van der Waals surface area contributed by atoms with E-state index < -0.39 is 5.97 Å². The number of carbonyl (C=O) groups excluding carboxylic acids is 4. The summed E-state index contributed by atoms with van der Waals surface area (Å²) in [6.45, 7) is 15.7. The van der Waals surface area contributed by atoms with Gasteiger partial charge in [0, 0.05) is 73.4 Å². The Balaban J connectivity index is 0.000000207. The predicted molar refractivity (Wildman–Crippen MR) is 205 cm³/mol. The third kappa shape index (κ3) is 10.3. The first-order valence-electron chi connectivity index (χ1n) is 18.2. The van der Waals surface area contributed by atoms with Crippen LogP contribution in [0.4, 0.5) is 11.4 Å². The van der Waals surface area contributed by atoms with Gasteiger partial charge in [0.1, 0.15) is 6.42 Å². The van der Waals surface area contributed by atoms with Crippen LogP contribution >= 0.6 is 0 Å². The van der Waals surface area contributed by atoms with Gasteiger partial charge in [-0.3, -0.25) is 14.4 Å². The molecule has 2 aliphatic heterocycles. The van der Waals surface area contributed by atoms with Gasteiger partial charge in [-0.1, -0.05) is 12.1 Å². The largest absolute Gasteiger partial charge is 0.466 e. The lowest BCUT2D eigenvalue weighted by molar-refractivity contribution is -0.142. The quantitative estimate of drug-likeness (QED) is 0.107. The van der Waals surface area contributed by atoms with Crippen molar-refractivity contribution >= 4 is 57.1 Å². The van der Waals surface area contributed by atoms with Gasteiger partial charge >= 0.3 is 17.9 Å². The van der Waals surface area contributed by atoms with E-state index in [1.807, 2.05) is 42.9 Å². The van der Waals surface area contributed by atoms with Gasteiger partial charge in [0.2, 0.25) is 11.6 Å². The molecule has 2 saturated heterocycles. The van der Waals surface area contributed by atoms with Crippen LogP contribution in [-0.2, 0) is 37.9 Å². The first-order chi connectivity index (χ1) is 25.4. The van der Waals surface area contributed by atoms with Gasteiger partial charge in [-0.25, -0.2) is 14.8 Å². The van der Waals surface area contributed by atoms with Gasteiger partial charge in [-0.2, -0.15) is 0 Å². The molecule has 0 amide bonds. The van der Waals surface area contributed by atoms with Gasteiger partial charge in [-0.05, 0) is 59.1 Å². The maximum absolute atomic E-state index is 12.4. The highest BCUT2D eigenvalue weighted by Crippen LogP contribution is 2.29. The zero-order valence-electron chi connectivity index (χ0n) is 32.4. The maximum atomic E-state index is 12.4. The van der Waals surface area contributed by atoms with E-state index in [-0.39, 0.29) is 30.7 Å². The number of carbonyl (C=O) groups is 4. The minimum atomic E-state index is -0.515. The van der Waals surface area contributed by atoms with E-state index in [0.717, 1.165) is 85.8 Å². The third-order valence-electron chi connectivity index (χ3n) is 9.10. The molecule has 0 N–H and O–H groups in total. The molecular formula is C38H54N8O7. The number of Topliss-reactive ketones (excluding diaryl/α,β-unsaturated/α-hetero) is 1. The lowest BCUT2D eigenvalue weighted by Crippen LogP contribution is -2.44. The highest BCUT2D eigenvalue weighted by atomic mass is 16.5. The van der Waals surface area contributed by atoms with Crippen molar-refractivity contribution < 1.29 is 33.4 Å². The van der Waals surface area contributed by atoms with Crippen molar-refractivity contribution in [3.05, 3.63) is 48.0 Å². The van der Waals surface area contributed by atoms with Crippen LogP contribution in [0.25, 0.3) is 22.1 Å². The van der Waals surface area contributed by atoms with Crippen molar-refractivity contribution in [1.29, 1.82) is 0 Å². The minimum Gasteiger partial charge on any atom is -0.466 e. The summed E-state index contributed by atoms with van der Waals surface area (Å²) in [7, 11) is 7.96. The van der Waals surface area contributed by atoms with Gasteiger partial charge < -0.3 is 42.9 Å². The molecule has 4 aromatic rings. The Morgan fingerprint density at radius 1 is 0.604 bits per heavy atom. The Morgan fingerprint density at radius 3 is 1.45 bits per heavy atom. The minimum absolute atomic E-state index is 0.211. The van der Waals surface area contributed by atoms with Crippen molar-refractivity contribution in [2.24, 2.45) is 14.1 Å². The average molecular weight is 735 g/mol. The summed E-state index contributed by atoms with van der Waals surface area (Å²) in [5.74, 6) is -0.758. The van der Waals surface area contributed by atoms with E-state index in [4.69, 9.17) is 9.47 Å². The smallest absolute Gasteiger partial charge is 0.374 e. The molecule has 2 aliphatic rings. The Hall–Kier alpha value is -5.02. The van der Waals surface area contributed by atoms with Crippen LogP contribution in [0.1, 0.15) is 55.4 Å². The fourth-order valence-electron chi connectivity index (χ4n) is 6.35. The predicted octanol–water partition coefficient (Wildman–Crippen LogP) is 3.53. The Morgan fingerprint density at radius 2 is 1.04 bits per heavy atom. The number of nitrogens with zero attached hydrogens (tertiary/aromatic N) is 8. The monoisotopic (exact) mass is 734 g/mol. The first-order valence-corrected chi connectivity index (χ1v) is 18.2. The van der Waals surface area contributed by atoms with E-state index >= 15 is 0 Å². The van der Waals surface area contributed by atoms with E-state index in [1.54, 1.807) is 25.3 Å². The number of likely N-dealkylation sites (N-methyl/N-ethyl adjacent to an activating group) is 2. The summed E-state index contributed by atoms with van der Waals surface area (Å²) in [5, 5.41) is 0. The number of rotatable bonds is 9. The normalized spacial score (nSPS) is 14.9. The Labute approximate surface area is 311 Å². The van der Waals surface area contributed by atoms with Gasteiger partial charge in [0.15, 0.2) is 5.82 Å². The van der Waals surface area contributed by atoms with Crippen LogP contribution in [0.2, 0.25) is 0 Å². The fraction of sp³-hybridized carbons (Fsp3) is 0.526. The van der Waals surface area contributed by atoms with Crippen LogP contribution in [-0.4, -0.2) is 139 Å². The number of hydrogen-bond acceptors (Lipinski definition) is 13. The molecule has 0 aliphatic carbocycles. The standard InChI is InChI=1S/C18H24N4O3.C16H22N4O2.C4H8O2/c1-4-25-16(24)12-15(23)18-19-13-6-5-7-14(17(13)21(18)3)22-10-8-20(2)9-11-22;1-4-22-16(21)15-17-12-6-5-7-13(14(12)19(15)3)20-10-8-18(2)9-11-20;1-3-6-4(2)5/h5-7H,4,8-12H2,1-3H3;5-7H,4,8-11H2,1-3H3;3H2,1-2H3. The molecule has 0 saturated carbocycles. The molecule has 288 valence electrons. The number of ether oxygens (including phenoxy) is 3. The topological polar surface area (TPSA) is 145 Å². The number of ketones is 1. The molecular weight excluding hydrogens is 680 g/mol. The number of esters is 3. The molecule has 2 aromatic heterocycles. The number of aryl methyl sites for hydroxylation is 2. The van der Waals surface area contributed by atoms with Crippen LogP contribution in [0.3, 0.4) is 0 Å². The molecule has 6 rings (SSSR count). The van der Waals surface area contributed by atoms with Crippen molar-refractivity contribution in [1.82, 2.24) is 28.9 Å². The van der Waals surface area contributed by atoms with E-state index in [0.29, 0.717) is 24.9 Å². The lowest BCUT2D eigenvalue weighted by Gasteiger charge is -2.34. The SMILES string of the molecule is CCOC(=O)CC(=O)c1nc2cccc(N3CCN(C)CC3)c2n1C.CCOC(=O)c1nc2cccc(N3CCN(C)CC3)c2n1C.CCOC(C)=O. The van der Waals surface area contributed by atoms with E-state index in [1.165, 1.54) is 6.92 Å². The molecule has 15 nitrogen and oxygen atoms in total. The highest BCUT2D eigenvalue weighted by Gasteiger charge is 2.24. The summed E-state index contributed by atoms with van der Waals surface area (Å²) in [6.07, 6.45) is -0.283. The van der Waals surface area contributed by atoms with Crippen molar-refractivity contribution in [3.63, 3.8) is 0 Å². The third-order valence-corrected chi connectivity index (χ3v) is 9.10. The summed E-state index contributed by atoms with van der Waals surface area (Å²) < 4.78 is 18.0.